The fourth-order valence-electron chi connectivity index (χ4n) is 2.49. The van der Waals surface area contributed by atoms with Gasteiger partial charge in [0.25, 0.3) is 0 Å². The first-order chi connectivity index (χ1) is 13.0. The van der Waals surface area contributed by atoms with E-state index in [1.807, 2.05) is 0 Å². The SMILES string of the molecule is COc1ccc(/C=C/C(=O)c2ccc(-c3ccc(C(=O)O)o3)cc2)cc1O. The third kappa shape index (κ3) is 4.07. The van der Waals surface area contributed by atoms with Crippen LogP contribution < -0.4 is 4.74 Å². The lowest BCUT2D eigenvalue weighted by Crippen LogP contribution is -1.94. The van der Waals surface area contributed by atoms with Crippen molar-refractivity contribution in [2.24, 2.45) is 0 Å². The van der Waals surface area contributed by atoms with E-state index in [0.717, 1.165) is 0 Å². The first kappa shape index (κ1) is 18.0. The standard InChI is InChI=1S/C21H16O6/c1-26-19-9-3-13(12-17(19)23)2-8-16(22)14-4-6-15(7-5-14)18-10-11-20(27-18)21(24)25/h2-12,23H,1H3,(H,24,25)/b8-2+. The zero-order valence-corrected chi connectivity index (χ0v) is 14.4. The second-order valence-electron chi connectivity index (χ2n) is 5.68. The number of carboxylic acids is 1. The van der Waals surface area contributed by atoms with Gasteiger partial charge in [-0.05, 0) is 35.9 Å². The van der Waals surface area contributed by atoms with Crippen LogP contribution in [0.4, 0.5) is 0 Å². The number of furan rings is 1. The second kappa shape index (κ2) is 7.61. The third-order valence-electron chi connectivity index (χ3n) is 3.90. The summed E-state index contributed by atoms with van der Waals surface area (Å²) in [4.78, 5) is 23.2. The van der Waals surface area contributed by atoms with Crippen LogP contribution in [0.25, 0.3) is 17.4 Å². The molecule has 3 rings (SSSR count). The highest BCUT2D eigenvalue weighted by atomic mass is 16.5. The van der Waals surface area contributed by atoms with Gasteiger partial charge < -0.3 is 19.4 Å². The van der Waals surface area contributed by atoms with Crippen molar-refractivity contribution >= 4 is 17.8 Å². The number of carbonyl (C=O) groups excluding carboxylic acids is 1. The van der Waals surface area contributed by atoms with Gasteiger partial charge in [0.15, 0.2) is 17.3 Å². The molecule has 0 aliphatic heterocycles. The van der Waals surface area contributed by atoms with E-state index in [1.165, 1.54) is 25.3 Å². The van der Waals surface area contributed by atoms with Crippen molar-refractivity contribution in [3.05, 3.63) is 77.6 Å². The van der Waals surface area contributed by atoms with Crippen molar-refractivity contribution in [2.45, 2.75) is 0 Å². The van der Waals surface area contributed by atoms with Crippen LogP contribution in [0, 0.1) is 0 Å². The molecular weight excluding hydrogens is 348 g/mol. The summed E-state index contributed by atoms with van der Waals surface area (Å²) in [6.45, 7) is 0. The van der Waals surface area contributed by atoms with Crippen LogP contribution in [0.2, 0.25) is 0 Å². The lowest BCUT2D eigenvalue weighted by molar-refractivity contribution is 0.0663. The predicted molar refractivity (Wildman–Crippen MR) is 99.1 cm³/mol. The first-order valence-corrected chi connectivity index (χ1v) is 8.01. The van der Waals surface area contributed by atoms with Crippen LogP contribution in [0.15, 0.2) is 65.1 Å². The Kier molecular flexibility index (Phi) is 5.08. The van der Waals surface area contributed by atoms with Crippen LogP contribution in [-0.2, 0) is 0 Å². The summed E-state index contributed by atoms with van der Waals surface area (Å²) in [5.41, 5.74) is 1.80. The zero-order chi connectivity index (χ0) is 19.4. The van der Waals surface area contributed by atoms with Gasteiger partial charge in [0.2, 0.25) is 5.76 Å². The normalized spacial score (nSPS) is 10.9. The highest BCUT2D eigenvalue weighted by Crippen LogP contribution is 2.27. The van der Waals surface area contributed by atoms with E-state index in [1.54, 1.807) is 48.5 Å². The average Bonchev–Trinajstić information content (AvgIpc) is 3.17. The number of aromatic carboxylic acids is 1. The van der Waals surface area contributed by atoms with E-state index >= 15 is 0 Å². The summed E-state index contributed by atoms with van der Waals surface area (Å²) in [7, 11) is 1.46. The number of hydrogen-bond donors (Lipinski definition) is 2. The van der Waals surface area contributed by atoms with E-state index in [-0.39, 0.29) is 17.3 Å². The molecule has 27 heavy (non-hydrogen) atoms. The van der Waals surface area contributed by atoms with E-state index in [4.69, 9.17) is 14.3 Å². The highest BCUT2D eigenvalue weighted by Gasteiger charge is 2.11. The molecule has 0 fully saturated rings. The van der Waals surface area contributed by atoms with Gasteiger partial charge in [-0.15, -0.1) is 0 Å². The minimum Gasteiger partial charge on any atom is -0.504 e. The number of ether oxygens (including phenoxy) is 1. The summed E-state index contributed by atoms with van der Waals surface area (Å²) in [5, 5.41) is 18.7. The van der Waals surface area contributed by atoms with Crippen molar-refractivity contribution in [3.63, 3.8) is 0 Å². The number of methoxy groups -OCH3 is 1. The van der Waals surface area contributed by atoms with Crippen LogP contribution in [0.3, 0.4) is 0 Å². The van der Waals surface area contributed by atoms with Crippen LogP contribution in [0.1, 0.15) is 26.5 Å². The molecule has 6 heteroatoms. The molecule has 6 nitrogen and oxygen atoms in total. The highest BCUT2D eigenvalue weighted by molar-refractivity contribution is 6.07. The molecule has 2 N–H and O–H groups in total. The summed E-state index contributed by atoms with van der Waals surface area (Å²) < 4.78 is 10.2. The second-order valence-corrected chi connectivity index (χ2v) is 5.68. The predicted octanol–water partition coefficient (Wildman–Crippen LogP) is 4.26. The molecule has 0 radical (unpaired) electrons. The van der Waals surface area contributed by atoms with Crippen molar-refractivity contribution in [2.75, 3.05) is 7.11 Å². The van der Waals surface area contributed by atoms with Gasteiger partial charge in [-0.25, -0.2) is 4.79 Å². The van der Waals surface area contributed by atoms with Crippen molar-refractivity contribution in [3.8, 4) is 22.8 Å². The molecule has 0 saturated heterocycles. The number of aromatic hydroxyl groups is 1. The molecule has 0 amide bonds. The van der Waals surface area contributed by atoms with E-state index in [0.29, 0.717) is 28.2 Å². The molecular formula is C21H16O6. The quantitative estimate of drug-likeness (QED) is 0.501. The Balaban J connectivity index is 1.73. The Bertz CT molecular complexity index is 1010. The van der Waals surface area contributed by atoms with Crippen molar-refractivity contribution in [1.29, 1.82) is 0 Å². The Hall–Kier alpha value is -3.80. The molecule has 3 aromatic rings. The van der Waals surface area contributed by atoms with Gasteiger partial charge in [0.1, 0.15) is 5.76 Å². The Morgan fingerprint density at radius 2 is 1.78 bits per heavy atom. The van der Waals surface area contributed by atoms with Crippen LogP contribution in [0.5, 0.6) is 11.5 Å². The lowest BCUT2D eigenvalue weighted by Gasteiger charge is -2.03. The zero-order valence-electron chi connectivity index (χ0n) is 14.4. The van der Waals surface area contributed by atoms with Gasteiger partial charge in [-0.2, -0.15) is 0 Å². The van der Waals surface area contributed by atoms with Crippen molar-refractivity contribution in [1.82, 2.24) is 0 Å². The molecule has 0 atom stereocenters. The smallest absolute Gasteiger partial charge is 0.371 e. The molecule has 0 unspecified atom stereocenters. The lowest BCUT2D eigenvalue weighted by atomic mass is 10.1. The van der Waals surface area contributed by atoms with E-state index < -0.39 is 5.97 Å². The number of phenols is 1. The molecule has 1 aromatic heterocycles. The van der Waals surface area contributed by atoms with Gasteiger partial charge in [-0.1, -0.05) is 36.4 Å². The van der Waals surface area contributed by atoms with Gasteiger partial charge in [0.05, 0.1) is 7.11 Å². The number of benzene rings is 2. The monoisotopic (exact) mass is 364 g/mol. The molecule has 136 valence electrons. The molecule has 0 spiro atoms. The topological polar surface area (TPSA) is 97.0 Å². The maximum absolute atomic E-state index is 12.3. The maximum Gasteiger partial charge on any atom is 0.371 e. The van der Waals surface area contributed by atoms with E-state index in [9.17, 15) is 14.7 Å². The molecule has 0 aliphatic rings. The fraction of sp³-hybridized carbons (Fsp3) is 0.0476. The Labute approximate surface area is 155 Å². The van der Waals surface area contributed by atoms with E-state index in [2.05, 4.69) is 0 Å². The third-order valence-corrected chi connectivity index (χ3v) is 3.90. The number of allylic oxidation sites excluding steroid dienone is 1. The molecule has 0 bridgehead atoms. The van der Waals surface area contributed by atoms with Crippen LogP contribution >= 0.6 is 0 Å². The minimum atomic E-state index is -1.14. The summed E-state index contributed by atoms with van der Waals surface area (Å²) in [6.07, 6.45) is 3.01. The minimum absolute atomic E-state index is 0.00405. The first-order valence-electron chi connectivity index (χ1n) is 8.01. The molecule has 0 saturated carbocycles. The molecule has 2 aromatic carbocycles. The Morgan fingerprint density at radius 3 is 2.37 bits per heavy atom. The molecule has 0 aliphatic carbocycles. The number of carboxylic acid groups (broad SMARTS) is 1. The summed E-state index contributed by atoms with van der Waals surface area (Å²) >= 11 is 0. The number of ketones is 1. The Morgan fingerprint density at radius 1 is 1.04 bits per heavy atom. The average molecular weight is 364 g/mol. The number of hydrogen-bond acceptors (Lipinski definition) is 5. The number of carbonyl (C=O) groups is 2. The number of phenolic OH excluding ortho intramolecular Hbond substituents is 1. The number of rotatable bonds is 6. The van der Waals surface area contributed by atoms with Gasteiger partial charge in [-0.3, -0.25) is 4.79 Å². The summed E-state index contributed by atoms with van der Waals surface area (Å²) in [5.74, 6) is -0.717. The van der Waals surface area contributed by atoms with Crippen molar-refractivity contribution < 1.29 is 29.0 Å². The fourth-order valence-corrected chi connectivity index (χ4v) is 2.49. The van der Waals surface area contributed by atoms with Gasteiger partial charge in [0, 0.05) is 11.1 Å². The largest absolute Gasteiger partial charge is 0.504 e. The van der Waals surface area contributed by atoms with Crippen LogP contribution in [-0.4, -0.2) is 29.1 Å². The summed E-state index contributed by atoms with van der Waals surface area (Å²) in [6, 6.07) is 14.4. The maximum atomic E-state index is 12.3. The molecule has 1 heterocycles. The van der Waals surface area contributed by atoms with Gasteiger partial charge >= 0.3 is 5.97 Å².